The highest BCUT2D eigenvalue weighted by molar-refractivity contribution is 5.23. The number of para-hydroxylation sites is 1. The normalized spacial score (nSPS) is 14.4. The number of aliphatic hydroxyl groups excluding tert-OH is 2. The van der Waals surface area contributed by atoms with E-state index >= 15 is 0 Å². The molecule has 0 aliphatic rings. The van der Waals surface area contributed by atoms with E-state index < -0.39 is 18.0 Å². The van der Waals surface area contributed by atoms with E-state index in [0.29, 0.717) is 13.1 Å². The SMILES string of the molecule is C[C@@H](O)CNC[C@@H](O)COc1ccccc1F. The average Bonchev–Trinajstić information content (AvgIpc) is 2.27. The van der Waals surface area contributed by atoms with Gasteiger partial charge in [-0.25, -0.2) is 4.39 Å². The summed E-state index contributed by atoms with van der Waals surface area (Å²) in [7, 11) is 0. The van der Waals surface area contributed by atoms with Crippen LogP contribution in [-0.2, 0) is 0 Å². The van der Waals surface area contributed by atoms with E-state index in [1.54, 1.807) is 19.1 Å². The van der Waals surface area contributed by atoms with Crippen molar-refractivity contribution in [2.75, 3.05) is 19.7 Å². The molecule has 0 aliphatic carbocycles. The van der Waals surface area contributed by atoms with Gasteiger partial charge in [0, 0.05) is 13.1 Å². The molecule has 0 aliphatic heterocycles. The molecule has 0 unspecified atom stereocenters. The van der Waals surface area contributed by atoms with Gasteiger partial charge in [-0.05, 0) is 19.1 Å². The molecule has 1 rings (SSSR count). The molecule has 2 atom stereocenters. The minimum absolute atomic E-state index is 0.00768. The van der Waals surface area contributed by atoms with Gasteiger partial charge in [-0.2, -0.15) is 0 Å². The van der Waals surface area contributed by atoms with Gasteiger partial charge in [0.05, 0.1) is 6.10 Å². The van der Waals surface area contributed by atoms with Crippen molar-refractivity contribution in [3.8, 4) is 5.75 Å². The van der Waals surface area contributed by atoms with Crippen molar-refractivity contribution in [3.05, 3.63) is 30.1 Å². The number of halogens is 1. The number of aliphatic hydroxyl groups is 2. The lowest BCUT2D eigenvalue weighted by Gasteiger charge is -2.14. The average molecular weight is 243 g/mol. The fourth-order valence-electron chi connectivity index (χ4n) is 1.27. The molecule has 0 aromatic heterocycles. The van der Waals surface area contributed by atoms with Crippen LogP contribution in [0.2, 0.25) is 0 Å². The summed E-state index contributed by atoms with van der Waals surface area (Å²) in [6, 6.07) is 6.04. The lowest BCUT2D eigenvalue weighted by atomic mass is 10.3. The standard InChI is InChI=1S/C12H18FNO3/c1-9(15)6-14-7-10(16)8-17-12-5-3-2-4-11(12)13/h2-5,9-10,14-16H,6-8H2,1H3/t9-,10-/m1/s1. The van der Waals surface area contributed by atoms with Crippen LogP contribution in [0.1, 0.15) is 6.92 Å². The molecule has 0 saturated heterocycles. The number of hydrogen-bond acceptors (Lipinski definition) is 4. The Morgan fingerprint density at radius 2 is 2.00 bits per heavy atom. The zero-order chi connectivity index (χ0) is 12.7. The first kappa shape index (κ1) is 13.9. The second kappa shape index (κ2) is 7.21. The van der Waals surface area contributed by atoms with Crippen molar-refractivity contribution in [3.63, 3.8) is 0 Å². The Kier molecular flexibility index (Phi) is 5.90. The molecule has 0 radical (unpaired) electrons. The Morgan fingerprint density at radius 3 is 2.65 bits per heavy atom. The van der Waals surface area contributed by atoms with Crippen molar-refractivity contribution in [2.45, 2.75) is 19.1 Å². The number of nitrogens with one attached hydrogen (secondary N) is 1. The van der Waals surface area contributed by atoms with Crippen LogP contribution in [0.5, 0.6) is 5.75 Å². The minimum Gasteiger partial charge on any atom is -0.488 e. The van der Waals surface area contributed by atoms with E-state index in [-0.39, 0.29) is 12.4 Å². The number of benzene rings is 1. The highest BCUT2D eigenvalue weighted by Gasteiger charge is 2.07. The highest BCUT2D eigenvalue weighted by Crippen LogP contribution is 2.15. The Bertz CT molecular complexity index is 333. The van der Waals surface area contributed by atoms with Gasteiger partial charge in [0.15, 0.2) is 11.6 Å². The van der Waals surface area contributed by atoms with E-state index in [1.165, 1.54) is 12.1 Å². The van der Waals surface area contributed by atoms with E-state index in [4.69, 9.17) is 9.84 Å². The molecule has 0 amide bonds. The van der Waals surface area contributed by atoms with Gasteiger partial charge in [-0.15, -0.1) is 0 Å². The molecule has 0 bridgehead atoms. The van der Waals surface area contributed by atoms with Crippen LogP contribution in [0.15, 0.2) is 24.3 Å². The first-order valence-electron chi connectivity index (χ1n) is 5.53. The summed E-state index contributed by atoms with van der Waals surface area (Å²) in [5, 5.41) is 21.4. The molecule has 4 nitrogen and oxygen atoms in total. The maximum absolute atomic E-state index is 13.1. The van der Waals surface area contributed by atoms with Crippen LogP contribution in [0.4, 0.5) is 4.39 Å². The molecule has 0 spiro atoms. The lowest BCUT2D eigenvalue weighted by Crippen LogP contribution is -2.35. The summed E-state index contributed by atoms with van der Waals surface area (Å²) in [6.07, 6.45) is -1.21. The second-order valence-electron chi connectivity index (χ2n) is 3.90. The fourth-order valence-corrected chi connectivity index (χ4v) is 1.27. The molecular weight excluding hydrogens is 225 g/mol. The molecule has 3 N–H and O–H groups in total. The van der Waals surface area contributed by atoms with E-state index in [2.05, 4.69) is 5.32 Å². The molecule has 0 saturated carbocycles. The van der Waals surface area contributed by atoms with Crippen molar-refractivity contribution < 1.29 is 19.3 Å². The summed E-state index contributed by atoms with van der Waals surface area (Å²) in [6.45, 7) is 2.35. The summed E-state index contributed by atoms with van der Waals surface area (Å²) in [5.74, 6) is -0.321. The van der Waals surface area contributed by atoms with Crippen LogP contribution >= 0.6 is 0 Å². The van der Waals surface area contributed by atoms with Crippen LogP contribution in [-0.4, -0.2) is 42.1 Å². The van der Waals surface area contributed by atoms with Crippen LogP contribution in [0.25, 0.3) is 0 Å². The maximum Gasteiger partial charge on any atom is 0.165 e. The first-order chi connectivity index (χ1) is 8.09. The van der Waals surface area contributed by atoms with Gasteiger partial charge in [0.1, 0.15) is 12.7 Å². The van der Waals surface area contributed by atoms with Gasteiger partial charge in [-0.3, -0.25) is 0 Å². The minimum atomic E-state index is -0.742. The van der Waals surface area contributed by atoms with Crippen LogP contribution in [0.3, 0.4) is 0 Å². The number of ether oxygens (including phenoxy) is 1. The molecular formula is C12H18FNO3. The third-order valence-corrected chi connectivity index (χ3v) is 2.09. The largest absolute Gasteiger partial charge is 0.488 e. The predicted octanol–water partition coefficient (Wildman–Crippen LogP) is 0.536. The molecule has 0 heterocycles. The summed E-state index contributed by atoms with van der Waals surface area (Å²) in [4.78, 5) is 0. The zero-order valence-corrected chi connectivity index (χ0v) is 9.77. The van der Waals surface area contributed by atoms with E-state index in [9.17, 15) is 9.50 Å². The second-order valence-corrected chi connectivity index (χ2v) is 3.90. The number of rotatable bonds is 7. The molecule has 5 heteroatoms. The Balaban J connectivity index is 2.24. The van der Waals surface area contributed by atoms with Crippen molar-refractivity contribution in [1.82, 2.24) is 5.32 Å². The zero-order valence-electron chi connectivity index (χ0n) is 9.77. The quantitative estimate of drug-likeness (QED) is 0.654. The first-order valence-corrected chi connectivity index (χ1v) is 5.53. The van der Waals surface area contributed by atoms with E-state index in [1.807, 2.05) is 0 Å². The molecule has 17 heavy (non-hydrogen) atoms. The Hall–Kier alpha value is -1.17. The fraction of sp³-hybridized carbons (Fsp3) is 0.500. The van der Waals surface area contributed by atoms with Crippen LogP contribution < -0.4 is 10.1 Å². The van der Waals surface area contributed by atoms with Crippen molar-refractivity contribution in [1.29, 1.82) is 0 Å². The molecule has 96 valence electrons. The lowest BCUT2D eigenvalue weighted by molar-refractivity contribution is 0.0992. The van der Waals surface area contributed by atoms with Gasteiger partial charge in [0.2, 0.25) is 0 Å². The summed E-state index contributed by atoms with van der Waals surface area (Å²) in [5.41, 5.74) is 0. The molecule has 1 aromatic rings. The van der Waals surface area contributed by atoms with E-state index in [0.717, 1.165) is 0 Å². The van der Waals surface area contributed by atoms with Gasteiger partial charge < -0.3 is 20.3 Å². The summed E-state index contributed by atoms with van der Waals surface area (Å²) >= 11 is 0. The van der Waals surface area contributed by atoms with Crippen molar-refractivity contribution in [2.24, 2.45) is 0 Å². The smallest absolute Gasteiger partial charge is 0.165 e. The van der Waals surface area contributed by atoms with Gasteiger partial charge in [0.25, 0.3) is 0 Å². The monoisotopic (exact) mass is 243 g/mol. The Morgan fingerprint density at radius 1 is 1.29 bits per heavy atom. The number of hydrogen-bond donors (Lipinski definition) is 3. The van der Waals surface area contributed by atoms with Crippen molar-refractivity contribution >= 4 is 0 Å². The maximum atomic E-state index is 13.1. The van der Waals surface area contributed by atoms with Gasteiger partial charge >= 0.3 is 0 Å². The predicted molar refractivity (Wildman–Crippen MR) is 62.5 cm³/mol. The summed E-state index contributed by atoms with van der Waals surface area (Å²) < 4.78 is 18.3. The third-order valence-electron chi connectivity index (χ3n) is 2.09. The molecule has 1 aromatic carbocycles. The Labute approximate surface area is 100 Å². The topological polar surface area (TPSA) is 61.7 Å². The van der Waals surface area contributed by atoms with Gasteiger partial charge in [-0.1, -0.05) is 12.1 Å². The molecule has 0 fully saturated rings. The van der Waals surface area contributed by atoms with Crippen LogP contribution in [0, 0.1) is 5.82 Å². The highest BCUT2D eigenvalue weighted by atomic mass is 19.1. The third kappa shape index (κ3) is 5.63.